The summed E-state index contributed by atoms with van der Waals surface area (Å²) in [5.74, 6) is 1.79. The Morgan fingerprint density at radius 3 is 2.82 bits per heavy atom. The van der Waals surface area contributed by atoms with Gasteiger partial charge in [0.15, 0.2) is 0 Å². The Hall–Kier alpha value is -0.790. The number of rotatable bonds is 4. The lowest BCUT2D eigenvalue weighted by molar-refractivity contribution is -0.136. The maximum atomic E-state index is 12.4. The molecular weight excluding hydrogens is 210 g/mol. The number of hydrogen-bond donors (Lipinski definition) is 0. The normalized spacial score (nSPS) is 32.6. The first-order chi connectivity index (χ1) is 8.15. The second-order valence-electron chi connectivity index (χ2n) is 5.80. The Morgan fingerprint density at radius 1 is 1.35 bits per heavy atom. The van der Waals surface area contributed by atoms with E-state index in [2.05, 4.69) is 27.0 Å². The highest BCUT2D eigenvalue weighted by molar-refractivity contribution is 5.82. The summed E-state index contributed by atoms with van der Waals surface area (Å²) in [6, 6.07) is 0. The Kier molecular flexibility index (Phi) is 3.90. The molecule has 0 aromatic carbocycles. The number of fused-ring (bicyclic) bond motifs is 1. The molecular formula is C15H25NO. The number of allylic oxidation sites excluding steroid dienone is 1. The van der Waals surface area contributed by atoms with Gasteiger partial charge in [0.05, 0.1) is 0 Å². The molecule has 0 radical (unpaired) electrons. The maximum absolute atomic E-state index is 12.4. The molecule has 1 aliphatic heterocycles. The molecule has 0 spiro atoms. The van der Waals surface area contributed by atoms with Crippen molar-refractivity contribution in [2.24, 2.45) is 17.8 Å². The molecule has 2 heteroatoms. The van der Waals surface area contributed by atoms with Crippen molar-refractivity contribution in [1.29, 1.82) is 0 Å². The van der Waals surface area contributed by atoms with Crippen molar-refractivity contribution in [3.63, 3.8) is 0 Å². The molecule has 1 heterocycles. The molecule has 0 aromatic rings. The topological polar surface area (TPSA) is 20.3 Å². The van der Waals surface area contributed by atoms with E-state index in [0.29, 0.717) is 17.7 Å². The maximum Gasteiger partial charge on any atom is 0.230 e. The molecule has 0 saturated heterocycles. The van der Waals surface area contributed by atoms with E-state index in [0.717, 1.165) is 13.0 Å². The number of nitrogens with zero attached hydrogens (tertiary/aromatic N) is 1. The van der Waals surface area contributed by atoms with E-state index < -0.39 is 0 Å². The summed E-state index contributed by atoms with van der Waals surface area (Å²) >= 11 is 0. The molecule has 1 saturated carbocycles. The van der Waals surface area contributed by atoms with Crippen LogP contribution in [0.4, 0.5) is 0 Å². The van der Waals surface area contributed by atoms with Crippen molar-refractivity contribution in [3.05, 3.63) is 11.8 Å². The number of hydrogen-bond acceptors (Lipinski definition) is 1. The molecule has 0 N–H and O–H groups in total. The van der Waals surface area contributed by atoms with Gasteiger partial charge >= 0.3 is 0 Å². The zero-order valence-electron chi connectivity index (χ0n) is 11.4. The van der Waals surface area contributed by atoms with Gasteiger partial charge in [-0.2, -0.15) is 0 Å². The number of amides is 1. The molecule has 1 amide bonds. The first kappa shape index (κ1) is 12.7. The van der Waals surface area contributed by atoms with E-state index in [1.54, 1.807) is 0 Å². The van der Waals surface area contributed by atoms with Crippen molar-refractivity contribution in [2.75, 3.05) is 6.54 Å². The summed E-state index contributed by atoms with van der Waals surface area (Å²) in [5.41, 5.74) is 1.43. The summed E-state index contributed by atoms with van der Waals surface area (Å²) in [4.78, 5) is 14.4. The standard InChI is InChI=1S/C15H25NO/c1-4-5-6-9-16-10-12(3)13-8-7-11(2)14(13)15(16)17/h10-11,13-14H,4-9H2,1-3H3/t11-,13+,14+/m0/s1. The lowest BCUT2D eigenvalue weighted by Gasteiger charge is -2.34. The molecule has 17 heavy (non-hydrogen) atoms. The molecule has 0 bridgehead atoms. The predicted octanol–water partition coefficient (Wildman–Crippen LogP) is 3.58. The fraction of sp³-hybridized carbons (Fsp3) is 0.800. The van der Waals surface area contributed by atoms with Crippen LogP contribution >= 0.6 is 0 Å². The smallest absolute Gasteiger partial charge is 0.230 e. The number of unbranched alkanes of at least 4 members (excludes halogenated alkanes) is 2. The Morgan fingerprint density at radius 2 is 2.12 bits per heavy atom. The summed E-state index contributed by atoms with van der Waals surface area (Å²) in [5, 5.41) is 0. The van der Waals surface area contributed by atoms with E-state index >= 15 is 0 Å². The van der Waals surface area contributed by atoms with Crippen LogP contribution in [0.3, 0.4) is 0 Å². The van der Waals surface area contributed by atoms with E-state index in [1.165, 1.54) is 31.3 Å². The Bertz CT molecular complexity index is 321. The third-order valence-corrected chi connectivity index (χ3v) is 4.49. The van der Waals surface area contributed by atoms with Gasteiger partial charge in [0, 0.05) is 18.7 Å². The lowest BCUT2D eigenvalue weighted by atomic mass is 9.82. The van der Waals surface area contributed by atoms with Gasteiger partial charge in [-0.1, -0.05) is 32.3 Å². The molecule has 1 aliphatic carbocycles. The van der Waals surface area contributed by atoms with Crippen molar-refractivity contribution >= 4 is 5.91 Å². The van der Waals surface area contributed by atoms with Crippen molar-refractivity contribution in [2.45, 2.75) is 52.9 Å². The van der Waals surface area contributed by atoms with Gasteiger partial charge in [-0.25, -0.2) is 0 Å². The molecule has 0 aromatic heterocycles. The van der Waals surface area contributed by atoms with Crippen LogP contribution in [-0.4, -0.2) is 17.4 Å². The van der Waals surface area contributed by atoms with Gasteiger partial charge in [-0.3, -0.25) is 4.79 Å². The SMILES string of the molecule is CCCCCN1C=C(C)[C@H]2CC[C@H](C)[C@H]2C1=O. The summed E-state index contributed by atoms with van der Waals surface area (Å²) < 4.78 is 0. The minimum atomic E-state index is 0.279. The van der Waals surface area contributed by atoms with Crippen LogP contribution in [0.2, 0.25) is 0 Å². The average Bonchev–Trinajstić information content (AvgIpc) is 2.68. The van der Waals surface area contributed by atoms with Gasteiger partial charge in [0.2, 0.25) is 5.91 Å². The van der Waals surface area contributed by atoms with Crippen LogP contribution in [0.1, 0.15) is 52.9 Å². The Balaban J connectivity index is 2.06. The highest BCUT2D eigenvalue weighted by Crippen LogP contribution is 2.44. The molecule has 2 rings (SSSR count). The van der Waals surface area contributed by atoms with Gasteiger partial charge in [-0.15, -0.1) is 0 Å². The lowest BCUT2D eigenvalue weighted by Crippen LogP contribution is -2.41. The quantitative estimate of drug-likeness (QED) is 0.682. The van der Waals surface area contributed by atoms with Crippen LogP contribution in [0.15, 0.2) is 11.8 Å². The van der Waals surface area contributed by atoms with Gasteiger partial charge in [0.25, 0.3) is 0 Å². The molecule has 2 aliphatic rings. The first-order valence-corrected chi connectivity index (χ1v) is 7.14. The summed E-state index contributed by atoms with van der Waals surface area (Å²) in [6.07, 6.45) is 8.13. The van der Waals surface area contributed by atoms with Crippen LogP contribution in [0.5, 0.6) is 0 Å². The van der Waals surface area contributed by atoms with Crippen molar-refractivity contribution in [3.8, 4) is 0 Å². The van der Waals surface area contributed by atoms with E-state index in [-0.39, 0.29) is 5.92 Å². The third-order valence-electron chi connectivity index (χ3n) is 4.49. The number of carbonyl (C=O) groups excluding carboxylic acids is 1. The predicted molar refractivity (Wildman–Crippen MR) is 70.4 cm³/mol. The van der Waals surface area contributed by atoms with Crippen LogP contribution < -0.4 is 0 Å². The van der Waals surface area contributed by atoms with Crippen LogP contribution in [0.25, 0.3) is 0 Å². The number of carbonyl (C=O) groups is 1. The van der Waals surface area contributed by atoms with Crippen LogP contribution in [0, 0.1) is 17.8 Å². The second-order valence-corrected chi connectivity index (χ2v) is 5.80. The van der Waals surface area contributed by atoms with Crippen LogP contribution in [-0.2, 0) is 4.79 Å². The molecule has 0 unspecified atom stereocenters. The highest BCUT2D eigenvalue weighted by atomic mass is 16.2. The minimum Gasteiger partial charge on any atom is -0.319 e. The molecule has 1 fully saturated rings. The molecule has 96 valence electrons. The zero-order valence-corrected chi connectivity index (χ0v) is 11.4. The van der Waals surface area contributed by atoms with Gasteiger partial charge in [0.1, 0.15) is 0 Å². The van der Waals surface area contributed by atoms with E-state index in [9.17, 15) is 4.79 Å². The highest BCUT2D eigenvalue weighted by Gasteiger charge is 2.43. The minimum absolute atomic E-state index is 0.279. The third kappa shape index (κ3) is 2.41. The van der Waals surface area contributed by atoms with Gasteiger partial charge < -0.3 is 4.90 Å². The Labute approximate surface area is 105 Å². The van der Waals surface area contributed by atoms with E-state index in [1.807, 2.05) is 4.90 Å². The first-order valence-electron chi connectivity index (χ1n) is 7.14. The van der Waals surface area contributed by atoms with Crippen molar-refractivity contribution < 1.29 is 4.79 Å². The largest absolute Gasteiger partial charge is 0.319 e. The summed E-state index contributed by atoms with van der Waals surface area (Å²) in [6.45, 7) is 7.56. The monoisotopic (exact) mass is 235 g/mol. The summed E-state index contributed by atoms with van der Waals surface area (Å²) in [7, 11) is 0. The average molecular weight is 235 g/mol. The fourth-order valence-corrected chi connectivity index (χ4v) is 3.43. The second kappa shape index (κ2) is 5.24. The zero-order chi connectivity index (χ0) is 12.4. The molecule has 3 atom stereocenters. The van der Waals surface area contributed by atoms with Crippen molar-refractivity contribution in [1.82, 2.24) is 4.90 Å². The van der Waals surface area contributed by atoms with E-state index in [4.69, 9.17) is 0 Å². The van der Waals surface area contributed by atoms with Gasteiger partial charge in [-0.05, 0) is 38.0 Å². The fourth-order valence-electron chi connectivity index (χ4n) is 3.43. The molecule has 2 nitrogen and oxygen atoms in total.